The number of hydrogen-bond acceptors (Lipinski definition) is 2. The second-order valence-electron chi connectivity index (χ2n) is 6.29. The molecule has 0 aliphatic carbocycles. The van der Waals surface area contributed by atoms with Gasteiger partial charge in [0.25, 0.3) is 0 Å². The van der Waals surface area contributed by atoms with Crippen molar-refractivity contribution in [2.45, 2.75) is 65.6 Å². The van der Waals surface area contributed by atoms with E-state index in [0.717, 1.165) is 57.9 Å². The zero-order chi connectivity index (χ0) is 19.1. The summed E-state index contributed by atoms with van der Waals surface area (Å²) >= 11 is 0. The maximum atomic E-state index is 12.5. The summed E-state index contributed by atoms with van der Waals surface area (Å²) in [5.41, 5.74) is 1.94. The van der Waals surface area contributed by atoms with Crippen LogP contribution in [0.1, 0.15) is 53.4 Å². The zero-order valence-corrected chi connectivity index (χ0v) is 18.1. The van der Waals surface area contributed by atoms with Gasteiger partial charge in [0.1, 0.15) is 6.17 Å². The molecule has 0 aliphatic heterocycles. The Hall–Kier alpha value is -1.50. The van der Waals surface area contributed by atoms with E-state index in [2.05, 4.69) is 44.9 Å². The molecule has 0 aliphatic rings. The van der Waals surface area contributed by atoms with Gasteiger partial charge < -0.3 is 20.4 Å². The van der Waals surface area contributed by atoms with Crippen molar-refractivity contribution >= 4 is 21.6 Å². The Morgan fingerprint density at radius 3 is 1.52 bits per heavy atom. The molecule has 0 radical (unpaired) electrons. The van der Waals surface area contributed by atoms with Crippen LogP contribution >= 0.6 is 0 Å². The van der Waals surface area contributed by atoms with Gasteiger partial charge in [-0.2, -0.15) is 0 Å². The predicted molar refractivity (Wildman–Crippen MR) is 109 cm³/mol. The molecule has 0 saturated carbocycles. The first kappa shape index (κ1) is 23.5. The van der Waals surface area contributed by atoms with Crippen LogP contribution in [0.3, 0.4) is 0 Å². The standard InChI is InChI=1S/C18H38N4O2Si/c1-6-11-21(12-7-2)17(23)19-16(15-25-10-5)20-18(24)22(13-8-3)14-9-4/h10,16H,5-9,11-15,25H2,1-4H3,(H,19,23)(H,20,24). The molecule has 0 heterocycles. The molecule has 0 aromatic heterocycles. The van der Waals surface area contributed by atoms with Crippen LogP contribution in [-0.2, 0) is 0 Å². The van der Waals surface area contributed by atoms with E-state index in [4.69, 9.17) is 0 Å². The fraction of sp³-hybridized carbons (Fsp3) is 0.778. The molecule has 6 nitrogen and oxygen atoms in total. The molecule has 0 spiro atoms. The summed E-state index contributed by atoms with van der Waals surface area (Å²) in [4.78, 5) is 28.7. The van der Waals surface area contributed by atoms with Crippen molar-refractivity contribution in [2.75, 3.05) is 26.2 Å². The van der Waals surface area contributed by atoms with E-state index in [1.165, 1.54) is 0 Å². The summed E-state index contributed by atoms with van der Waals surface area (Å²) in [6.07, 6.45) is 3.37. The molecule has 0 aromatic carbocycles. The van der Waals surface area contributed by atoms with Crippen LogP contribution in [0, 0.1) is 0 Å². The van der Waals surface area contributed by atoms with E-state index >= 15 is 0 Å². The number of hydrogen-bond donors (Lipinski definition) is 2. The van der Waals surface area contributed by atoms with Gasteiger partial charge >= 0.3 is 12.1 Å². The third-order valence-electron chi connectivity index (χ3n) is 3.80. The second-order valence-corrected chi connectivity index (χ2v) is 8.02. The summed E-state index contributed by atoms with van der Waals surface area (Å²) < 4.78 is 0. The van der Waals surface area contributed by atoms with Crippen molar-refractivity contribution in [3.05, 3.63) is 12.3 Å². The topological polar surface area (TPSA) is 64.7 Å². The van der Waals surface area contributed by atoms with Gasteiger partial charge in [0, 0.05) is 35.7 Å². The van der Waals surface area contributed by atoms with E-state index < -0.39 is 9.52 Å². The molecule has 0 fully saturated rings. The Kier molecular flexibility index (Phi) is 13.9. The minimum absolute atomic E-state index is 0.0930. The lowest BCUT2D eigenvalue weighted by Crippen LogP contribution is -2.55. The van der Waals surface area contributed by atoms with Crippen molar-refractivity contribution in [3.63, 3.8) is 0 Å². The highest BCUT2D eigenvalue weighted by Crippen LogP contribution is 2.01. The van der Waals surface area contributed by atoms with Crippen LogP contribution in [0.25, 0.3) is 0 Å². The van der Waals surface area contributed by atoms with Crippen LogP contribution in [0.5, 0.6) is 0 Å². The molecule has 25 heavy (non-hydrogen) atoms. The molecule has 2 N–H and O–H groups in total. The molecule has 0 bridgehead atoms. The second kappa shape index (κ2) is 14.8. The fourth-order valence-corrected chi connectivity index (χ4v) is 3.51. The van der Waals surface area contributed by atoms with Gasteiger partial charge in [-0.05, 0) is 31.7 Å². The Labute approximate surface area is 156 Å². The number of carbonyl (C=O) groups excluding carboxylic acids is 2. The Balaban J connectivity index is 4.88. The number of carbonyl (C=O) groups is 2. The summed E-state index contributed by atoms with van der Waals surface area (Å²) in [5, 5.41) is 6.01. The maximum absolute atomic E-state index is 12.5. The first-order valence-corrected chi connectivity index (χ1v) is 11.6. The van der Waals surface area contributed by atoms with Gasteiger partial charge in [0.15, 0.2) is 0 Å². The smallest absolute Gasteiger partial charge is 0.318 e. The highest BCUT2D eigenvalue weighted by atomic mass is 28.2. The minimum Gasteiger partial charge on any atom is -0.325 e. The molecule has 0 rings (SSSR count). The lowest BCUT2D eigenvalue weighted by atomic mass is 10.3. The highest BCUT2D eigenvalue weighted by Gasteiger charge is 2.20. The molecule has 7 heteroatoms. The first-order valence-electron chi connectivity index (χ1n) is 9.75. The van der Waals surface area contributed by atoms with Gasteiger partial charge in [-0.3, -0.25) is 0 Å². The molecule has 146 valence electrons. The van der Waals surface area contributed by atoms with E-state index in [0.29, 0.717) is 0 Å². The molecular weight excluding hydrogens is 332 g/mol. The van der Waals surface area contributed by atoms with Gasteiger partial charge in [0.2, 0.25) is 0 Å². The third-order valence-corrected chi connectivity index (χ3v) is 5.12. The molecule has 4 amide bonds. The Morgan fingerprint density at radius 2 is 1.24 bits per heavy atom. The van der Waals surface area contributed by atoms with E-state index in [9.17, 15) is 9.59 Å². The minimum atomic E-state index is -0.509. The van der Waals surface area contributed by atoms with Crippen LogP contribution in [0.4, 0.5) is 9.59 Å². The van der Waals surface area contributed by atoms with Crippen molar-refractivity contribution in [1.29, 1.82) is 0 Å². The number of rotatable bonds is 13. The lowest BCUT2D eigenvalue weighted by Gasteiger charge is -2.29. The quantitative estimate of drug-likeness (QED) is 0.387. The fourth-order valence-electron chi connectivity index (χ4n) is 2.66. The summed E-state index contributed by atoms with van der Waals surface area (Å²) in [6, 6.07) is 0.591. The molecule has 0 unspecified atom stereocenters. The number of amides is 4. The van der Waals surface area contributed by atoms with Crippen molar-refractivity contribution in [2.24, 2.45) is 0 Å². The van der Waals surface area contributed by atoms with Gasteiger partial charge in [0.05, 0.1) is 0 Å². The summed E-state index contributed by atoms with van der Waals surface area (Å²) in [6.45, 7) is 15.0. The zero-order valence-electron chi connectivity index (χ0n) is 16.6. The Morgan fingerprint density at radius 1 is 0.880 bits per heavy atom. The molecule has 0 atom stereocenters. The van der Waals surface area contributed by atoms with Crippen molar-refractivity contribution in [1.82, 2.24) is 20.4 Å². The lowest BCUT2D eigenvalue weighted by molar-refractivity contribution is 0.182. The first-order chi connectivity index (χ1) is 12.0. The number of nitrogens with zero attached hydrogens (tertiary/aromatic N) is 2. The number of urea groups is 2. The molecule has 0 saturated heterocycles. The number of nitrogens with one attached hydrogen (secondary N) is 2. The van der Waals surface area contributed by atoms with Crippen LogP contribution in [0.15, 0.2) is 12.3 Å². The SMILES string of the molecule is C=C[SiH2]CC(NC(=O)N(CCC)CCC)NC(=O)N(CCC)CCC. The molecule has 0 aromatic rings. The van der Waals surface area contributed by atoms with Gasteiger partial charge in [-0.15, -0.1) is 12.3 Å². The molecular formula is C18H38N4O2Si. The van der Waals surface area contributed by atoms with Crippen LogP contribution in [0.2, 0.25) is 6.04 Å². The van der Waals surface area contributed by atoms with E-state index in [1.54, 1.807) is 0 Å². The van der Waals surface area contributed by atoms with Crippen LogP contribution < -0.4 is 10.6 Å². The van der Waals surface area contributed by atoms with E-state index in [1.807, 2.05) is 15.5 Å². The predicted octanol–water partition coefficient (Wildman–Crippen LogP) is 2.71. The largest absolute Gasteiger partial charge is 0.325 e. The monoisotopic (exact) mass is 370 g/mol. The normalized spacial score (nSPS) is 10.9. The maximum Gasteiger partial charge on any atom is 0.318 e. The van der Waals surface area contributed by atoms with Crippen molar-refractivity contribution in [3.8, 4) is 0 Å². The summed E-state index contributed by atoms with van der Waals surface area (Å²) in [5.74, 6) is 0. The van der Waals surface area contributed by atoms with E-state index in [-0.39, 0.29) is 18.2 Å². The average Bonchev–Trinajstić information content (AvgIpc) is 2.59. The van der Waals surface area contributed by atoms with Crippen molar-refractivity contribution < 1.29 is 9.59 Å². The van der Waals surface area contributed by atoms with Crippen LogP contribution in [-0.4, -0.2) is 63.7 Å². The average molecular weight is 371 g/mol. The van der Waals surface area contributed by atoms with Gasteiger partial charge in [-0.25, -0.2) is 9.59 Å². The third kappa shape index (κ3) is 10.2. The highest BCUT2D eigenvalue weighted by molar-refractivity contribution is 6.42. The van der Waals surface area contributed by atoms with Gasteiger partial charge in [-0.1, -0.05) is 27.7 Å². The summed E-state index contributed by atoms with van der Waals surface area (Å²) in [7, 11) is -0.509. The Bertz CT molecular complexity index is 351.